The fourth-order valence-corrected chi connectivity index (χ4v) is 1.10. The molecular weight excluding hydrogens is 196 g/mol. The minimum absolute atomic E-state index is 0.141. The third kappa shape index (κ3) is 3.02. The van der Waals surface area contributed by atoms with Crippen molar-refractivity contribution in [1.29, 1.82) is 0 Å². The van der Waals surface area contributed by atoms with Crippen molar-refractivity contribution in [3.05, 3.63) is 36.4 Å². The van der Waals surface area contributed by atoms with Gasteiger partial charge in [-0.3, -0.25) is 0 Å². The van der Waals surface area contributed by atoms with Crippen molar-refractivity contribution < 1.29 is 19.7 Å². The second-order valence-electron chi connectivity index (χ2n) is 2.91. The van der Waals surface area contributed by atoms with Crippen LogP contribution in [0.5, 0.6) is 11.5 Å². The second kappa shape index (κ2) is 5.05. The molecule has 0 heterocycles. The van der Waals surface area contributed by atoms with Gasteiger partial charge in [0.25, 0.3) is 0 Å². The Balaban J connectivity index is 2.54. The Morgan fingerprint density at radius 3 is 2.87 bits per heavy atom. The number of phenols is 2. The van der Waals surface area contributed by atoms with Gasteiger partial charge in [-0.05, 0) is 6.07 Å². The Morgan fingerprint density at radius 1 is 1.47 bits per heavy atom. The van der Waals surface area contributed by atoms with Crippen LogP contribution >= 0.6 is 0 Å². The molecule has 4 nitrogen and oxygen atoms in total. The summed E-state index contributed by atoms with van der Waals surface area (Å²) in [5.74, 6) is -0.857. The molecule has 2 N–H and O–H groups in total. The lowest BCUT2D eigenvalue weighted by molar-refractivity contribution is -0.137. The van der Waals surface area contributed by atoms with Crippen molar-refractivity contribution in [2.75, 3.05) is 6.61 Å². The lowest BCUT2D eigenvalue weighted by atomic mass is 10.1. The van der Waals surface area contributed by atoms with Gasteiger partial charge in [0.2, 0.25) is 0 Å². The first kappa shape index (κ1) is 11.1. The maximum absolute atomic E-state index is 10.7. The summed E-state index contributed by atoms with van der Waals surface area (Å²) in [6.07, 6.45) is 1.42. The number of carbonyl (C=O) groups is 1. The first-order valence-electron chi connectivity index (χ1n) is 4.44. The fourth-order valence-electron chi connectivity index (χ4n) is 1.10. The Bertz CT molecular complexity index is 371. The van der Waals surface area contributed by atoms with E-state index in [1.165, 1.54) is 6.07 Å². The van der Waals surface area contributed by atoms with Gasteiger partial charge in [0.05, 0.1) is 6.61 Å². The molecule has 0 saturated carbocycles. The van der Waals surface area contributed by atoms with Crippen LogP contribution in [0.1, 0.15) is 5.56 Å². The Kier molecular flexibility index (Phi) is 3.74. The van der Waals surface area contributed by atoms with Crippen molar-refractivity contribution in [2.45, 2.75) is 6.42 Å². The van der Waals surface area contributed by atoms with Crippen LogP contribution in [-0.4, -0.2) is 22.8 Å². The van der Waals surface area contributed by atoms with E-state index >= 15 is 0 Å². The lowest BCUT2D eigenvalue weighted by Gasteiger charge is -2.05. The summed E-state index contributed by atoms with van der Waals surface area (Å²) in [5, 5.41) is 18.6. The van der Waals surface area contributed by atoms with Gasteiger partial charge in [-0.25, -0.2) is 4.79 Å². The predicted octanol–water partition coefficient (Wildman–Crippen LogP) is 1.37. The molecule has 0 aliphatic carbocycles. The topological polar surface area (TPSA) is 66.8 Å². The minimum atomic E-state index is -0.505. The Hall–Kier alpha value is -1.97. The molecule has 0 saturated heterocycles. The third-order valence-electron chi connectivity index (χ3n) is 1.88. The van der Waals surface area contributed by atoms with Crippen LogP contribution in [0, 0.1) is 0 Å². The first-order valence-corrected chi connectivity index (χ1v) is 4.44. The van der Waals surface area contributed by atoms with E-state index < -0.39 is 5.97 Å². The summed E-state index contributed by atoms with van der Waals surface area (Å²) in [6.45, 7) is 3.39. The molecule has 15 heavy (non-hydrogen) atoms. The van der Waals surface area contributed by atoms with Crippen LogP contribution in [0.3, 0.4) is 0 Å². The second-order valence-corrected chi connectivity index (χ2v) is 2.91. The maximum Gasteiger partial charge on any atom is 0.330 e. The van der Waals surface area contributed by atoms with Crippen molar-refractivity contribution >= 4 is 5.97 Å². The molecule has 0 fully saturated rings. The highest BCUT2D eigenvalue weighted by Gasteiger charge is 2.05. The summed E-state index contributed by atoms with van der Waals surface area (Å²) >= 11 is 0. The van der Waals surface area contributed by atoms with E-state index in [-0.39, 0.29) is 18.1 Å². The van der Waals surface area contributed by atoms with E-state index in [1.54, 1.807) is 12.1 Å². The zero-order chi connectivity index (χ0) is 11.3. The highest BCUT2D eigenvalue weighted by molar-refractivity contribution is 5.81. The number of hydrogen-bond donors (Lipinski definition) is 2. The molecule has 0 amide bonds. The van der Waals surface area contributed by atoms with E-state index in [4.69, 9.17) is 4.74 Å². The number of rotatable bonds is 4. The Labute approximate surface area is 87.4 Å². The zero-order valence-corrected chi connectivity index (χ0v) is 8.14. The molecule has 0 aromatic heterocycles. The number of benzene rings is 1. The van der Waals surface area contributed by atoms with E-state index in [9.17, 15) is 15.0 Å². The van der Waals surface area contributed by atoms with Crippen LogP contribution in [0.25, 0.3) is 0 Å². The standard InChI is InChI=1S/C11H12O4/c1-2-10(13)15-7-6-8-4-3-5-9(12)11(8)14/h2-5,12,14H,1,6-7H2. The summed E-state index contributed by atoms with van der Waals surface area (Å²) in [6, 6.07) is 4.64. The Morgan fingerprint density at radius 2 is 2.20 bits per heavy atom. The van der Waals surface area contributed by atoms with E-state index in [0.717, 1.165) is 6.08 Å². The molecule has 4 heteroatoms. The van der Waals surface area contributed by atoms with Crippen LogP contribution in [0.4, 0.5) is 0 Å². The molecule has 80 valence electrons. The summed E-state index contributed by atoms with van der Waals surface area (Å²) in [5.41, 5.74) is 0.534. The third-order valence-corrected chi connectivity index (χ3v) is 1.88. The van der Waals surface area contributed by atoms with E-state index in [0.29, 0.717) is 12.0 Å². The molecule has 0 bridgehead atoms. The number of hydrogen-bond acceptors (Lipinski definition) is 4. The van der Waals surface area contributed by atoms with Crippen LogP contribution < -0.4 is 0 Å². The summed E-state index contributed by atoms with van der Waals surface area (Å²) in [4.78, 5) is 10.7. The molecular formula is C11H12O4. The minimum Gasteiger partial charge on any atom is -0.504 e. The van der Waals surface area contributed by atoms with Gasteiger partial charge in [-0.15, -0.1) is 0 Å². The van der Waals surface area contributed by atoms with E-state index in [1.807, 2.05) is 0 Å². The lowest BCUT2D eigenvalue weighted by Crippen LogP contribution is -2.04. The quantitative estimate of drug-likeness (QED) is 0.445. The predicted molar refractivity (Wildman–Crippen MR) is 54.6 cm³/mol. The van der Waals surface area contributed by atoms with Gasteiger partial charge in [-0.1, -0.05) is 18.7 Å². The molecule has 0 radical (unpaired) electrons. The highest BCUT2D eigenvalue weighted by Crippen LogP contribution is 2.28. The number of ether oxygens (including phenoxy) is 1. The maximum atomic E-state index is 10.7. The van der Waals surface area contributed by atoms with Crippen molar-refractivity contribution in [2.24, 2.45) is 0 Å². The monoisotopic (exact) mass is 208 g/mol. The normalized spacial score (nSPS) is 9.60. The molecule has 1 aromatic rings. The van der Waals surface area contributed by atoms with Crippen LogP contribution in [0.2, 0.25) is 0 Å². The van der Waals surface area contributed by atoms with Gasteiger partial charge in [0.15, 0.2) is 11.5 Å². The van der Waals surface area contributed by atoms with Crippen LogP contribution in [0.15, 0.2) is 30.9 Å². The fraction of sp³-hybridized carbons (Fsp3) is 0.182. The van der Waals surface area contributed by atoms with Crippen molar-refractivity contribution in [3.63, 3.8) is 0 Å². The number of carbonyl (C=O) groups excluding carboxylic acids is 1. The molecule has 0 unspecified atom stereocenters. The summed E-state index contributed by atoms with van der Waals surface area (Å²) < 4.78 is 4.74. The number of esters is 1. The largest absolute Gasteiger partial charge is 0.504 e. The average molecular weight is 208 g/mol. The van der Waals surface area contributed by atoms with Gasteiger partial charge >= 0.3 is 5.97 Å². The number of phenolic OH excluding ortho intramolecular Hbond substituents is 2. The first-order chi connectivity index (χ1) is 7.15. The SMILES string of the molecule is C=CC(=O)OCCc1cccc(O)c1O. The van der Waals surface area contributed by atoms with Gasteiger partial charge in [0, 0.05) is 18.1 Å². The molecule has 0 aliphatic heterocycles. The summed E-state index contributed by atoms with van der Waals surface area (Å²) in [7, 11) is 0. The smallest absolute Gasteiger partial charge is 0.330 e. The molecule has 0 spiro atoms. The highest BCUT2D eigenvalue weighted by atomic mass is 16.5. The zero-order valence-electron chi connectivity index (χ0n) is 8.14. The van der Waals surface area contributed by atoms with E-state index in [2.05, 4.69) is 6.58 Å². The molecule has 1 rings (SSSR count). The average Bonchev–Trinajstić information content (AvgIpc) is 2.24. The van der Waals surface area contributed by atoms with Crippen molar-refractivity contribution in [3.8, 4) is 11.5 Å². The molecule has 0 atom stereocenters. The molecule has 1 aromatic carbocycles. The molecule has 0 aliphatic rings. The van der Waals surface area contributed by atoms with Crippen LogP contribution in [-0.2, 0) is 16.0 Å². The van der Waals surface area contributed by atoms with Crippen molar-refractivity contribution in [1.82, 2.24) is 0 Å². The van der Waals surface area contributed by atoms with Gasteiger partial charge in [-0.2, -0.15) is 0 Å². The van der Waals surface area contributed by atoms with Gasteiger partial charge < -0.3 is 14.9 Å². The number of aromatic hydroxyl groups is 2. The van der Waals surface area contributed by atoms with Gasteiger partial charge in [0.1, 0.15) is 0 Å². The number of para-hydroxylation sites is 1.